The fraction of sp³-hybridized carbons (Fsp3) is 0.143. The Morgan fingerprint density at radius 3 is 2.27 bits per heavy atom. The number of benzene rings is 4. The lowest BCUT2D eigenvalue weighted by atomic mass is 10.0. The van der Waals surface area contributed by atoms with Crippen molar-refractivity contribution in [1.82, 2.24) is 5.32 Å². The maximum Gasteiger partial charge on any atom is 0.249 e. The highest BCUT2D eigenvalue weighted by Crippen LogP contribution is 2.20. The number of carbonyl (C=O) groups excluding carboxylic acids is 2. The predicted molar refractivity (Wildman–Crippen MR) is 135 cm³/mol. The van der Waals surface area contributed by atoms with Gasteiger partial charge in [-0.3, -0.25) is 9.59 Å². The summed E-state index contributed by atoms with van der Waals surface area (Å²) in [6, 6.07) is 30.0. The number of carbonyl (C=O) groups is 2. The van der Waals surface area contributed by atoms with Crippen LogP contribution in [0.15, 0.2) is 97.1 Å². The number of likely N-dealkylation sites (N-methyl/N-ethyl adjacent to an activating group) is 1. The third kappa shape index (κ3) is 5.60. The lowest BCUT2D eigenvalue weighted by Gasteiger charge is -2.25. The van der Waals surface area contributed by atoms with Crippen molar-refractivity contribution in [2.45, 2.75) is 18.9 Å². The Morgan fingerprint density at radius 1 is 0.848 bits per heavy atom. The Labute approximate surface area is 198 Å². The van der Waals surface area contributed by atoms with Gasteiger partial charge in [0, 0.05) is 24.2 Å². The maximum absolute atomic E-state index is 13.4. The minimum atomic E-state index is -0.699. The zero-order valence-electron chi connectivity index (χ0n) is 18.4. The van der Waals surface area contributed by atoms with Crippen LogP contribution in [0.2, 0.25) is 5.02 Å². The number of halogens is 1. The van der Waals surface area contributed by atoms with Gasteiger partial charge in [-0.25, -0.2) is 0 Å². The van der Waals surface area contributed by atoms with E-state index in [1.807, 2.05) is 72.8 Å². The molecule has 0 saturated heterocycles. The molecular weight excluding hydrogens is 432 g/mol. The van der Waals surface area contributed by atoms with Crippen LogP contribution >= 0.6 is 11.6 Å². The Balaban J connectivity index is 1.55. The standard InChI is InChI=1S/C28H25ClN2O2/c1-31(24-16-14-23(29)15-17-24)28(33)26(18-20-8-3-2-4-9-20)30-27(32)19-22-12-7-11-21-10-5-6-13-25(21)22/h2-17,26H,18-19H2,1H3,(H,30,32). The largest absolute Gasteiger partial charge is 0.344 e. The topological polar surface area (TPSA) is 49.4 Å². The van der Waals surface area contributed by atoms with Crippen LogP contribution in [0.3, 0.4) is 0 Å². The van der Waals surface area contributed by atoms with Gasteiger partial charge in [0.05, 0.1) is 6.42 Å². The fourth-order valence-electron chi connectivity index (χ4n) is 3.94. The van der Waals surface area contributed by atoms with Crippen molar-refractivity contribution in [3.63, 3.8) is 0 Å². The van der Waals surface area contributed by atoms with Gasteiger partial charge >= 0.3 is 0 Å². The molecule has 33 heavy (non-hydrogen) atoms. The van der Waals surface area contributed by atoms with Crippen LogP contribution in [0, 0.1) is 0 Å². The first-order chi connectivity index (χ1) is 16.0. The summed E-state index contributed by atoms with van der Waals surface area (Å²) in [7, 11) is 1.71. The van der Waals surface area contributed by atoms with Crippen LogP contribution in [-0.2, 0) is 22.4 Å². The first kappa shape index (κ1) is 22.6. The summed E-state index contributed by atoms with van der Waals surface area (Å²) < 4.78 is 0. The molecule has 4 aromatic rings. The molecule has 0 aliphatic rings. The quantitative estimate of drug-likeness (QED) is 0.403. The lowest BCUT2D eigenvalue weighted by Crippen LogP contribution is -2.49. The fourth-order valence-corrected chi connectivity index (χ4v) is 4.07. The van der Waals surface area contributed by atoms with Gasteiger partial charge in [-0.15, -0.1) is 0 Å². The van der Waals surface area contributed by atoms with Crippen LogP contribution in [-0.4, -0.2) is 24.9 Å². The molecule has 4 nitrogen and oxygen atoms in total. The van der Waals surface area contributed by atoms with Gasteiger partial charge in [-0.05, 0) is 46.2 Å². The number of rotatable bonds is 7. The summed E-state index contributed by atoms with van der Waals surface area (Å²) in [5.74, 6) is -0.377. The number of anilines is 1. The molecule has 1 atom stereocenters. The Kier molecular flexibility index (Phi) is 7.06. The molecule has 0 aromatic heterocycles. The Morgan fingerprint density at radius 2 is 1.52 bits per heavy atom. The highest BCUT2D eigenvalue weighted by atomic mass is 35.5. The molecule has 4 rings (SSSR count). The van der Waals surface area contributed by atoms with E-state index in [4.69, 9.17) is 11.6 Å². The molecule has 166 valence electrons. The SMILES string of the molecule is CN(C(=O)C(Cc1ccccc1)NC(=O)Cc1cccc2ccccc12)c1ccc(Cl)cc1. The van der Waals surface area contributed by atoms with E-state index in [0.29, 0.717) is 17.1 Å². The monoisotopic (exact) mass is 456 g/mol. The molecule has 2 amide bonds. The highest BCUT2D eigenvalue weighted by molar-refractivity contribution is 6.30. The molecule has 0 spiro atoms. The smallest absolute Gasteiger partial charge is 0.249 e. The highest BCUT2D eigenvalue weighted by Gasteiger charge is 2.25. The molecule has 5 heteroatoms. The van der Waals surface area contributed by atoms with E-state index in [9.17, 15) is 9.59 Å². The zero-order valence-corrected chi connectivity index (χ0v) is 19.1. The summed E-state index contributed by atoms with van der Waals surface area (Å²) in [5.41, 5.74) is 2.62. The molecule has 0 aliphatic carbocycles. The lowest BCUT2D eigenvalue weighted by molar-refractivity contribution is -0.127. The molecule has 0 saturated carbocycles. The van der Waals surface area contributed by atoms with Crippen LogP contribution in [0.5, 0.6) is 0 Å². The van der Waals surface area contributed by atoms with Gasteiger partial charge < -0.3 is 10.2 Å². The van der Waals surface area contributed by atoms with Crippen molar-refractivity contribution in [2.24, 2.45) is 0 Å². The van der Waals surface area contributed by atoms with Crippen molar-refractivity contribution in [3.8, 4) is 0 Å². The molecule has 0 heterocycles. The Hall–Kier alpha value is -3.63. The van der Waals surface area contributed by atoms with E-state index in [1.165, 1.54) is 0 Å². The van der Waals surface area contributed by atoms with Gasteiger partial charge in [0.15, 0.2) is 0 Å². The first-order valence-electron chi connectivity index (χ1n) is 10.8. The normalized spacial score (nSPS) is 11.7. The number of nitrogens with one attached hydrogen (secondary N) is 1. The van der Waals surface area contributed by atoms with Crippen molar-refractivity contribution in [1.29, 1.82) is 0 Å². The van der Waals surface area contributed by atoms with Gasteiger partial charge in [0.2, 0.25) is 11.8 Å². The third-order valence-corrected chi connectivity index (χ3v) is 5.94. The van der Waals surface area contributed by atoms with Crippen LogP contribution in [0.25, 0.3) is 10.8 Å². The van der Waals surface area contributed by atoms with Gasteiger partial charge in [0.1, 0.15) is 6.04 Å². The number of fused-ring (bicyclic) bond motifs is 1. The van der Waals surface area contributed by atoms with E-state index in [0.717, 1.165) is 21.9 Å². The average Bonchev–Trinajstić information content (AvgIpc) is 2.84. The summed E-state index contributed by atoms with van der Waals surface area (Å²) >= 11 is 5.99. The first-order valence-corrected chi connectivity index (χ1v) is 11.2. The second-order valence-electron chi connectivity index (χ2n) is 8.00. The molecule has 1 unspecified atom stereocenters. The molecule has 1 N–H and O–H groups in total. The van der Waals surface area contributed by atoms with E-state index in [-0.39, 0.29) is 18.2 Å². The molecule has 0 radical (unpaired) electrons. The van der Waals surface area contributed by atoms with Crippen molar-refractivity contribution in [2.75, 3.05) is 11.9 Å². The third-order valence-electron chi connectivity index (χ3n) is 5.69. The predicted octanol–water partition coefficient (Wildman–Crippen LogP) is 5.43. The van der Waals surface area contributed by atoms with Gasteiger partial charge in [-0.2, -0.15) is 0 Å². The van der Waals surface area contributed by atoms with Gasteiger partial charge in [0.25, 0.3) is 0 Å². The second kappa shape index (κ2) is 10.3. The molecule has 0 fully saturated rings. The van der Waals surface area contributed by atoms with E-state index in [1.54, 1.807) is 36.2 Å². The van der Waals surface area contributed by atoms with Crippen LogP contribution < -0.4 is 10.2 Å². The minimum Gasteiger partial charge on any atom is -0.344 e. The molecule has 4 aromatic carbocycles. The van der Waals surface area contributed by atoms with Crippen molar-refractivity contribution < 1.29 is 9.59 Å². The average molecular weight is 457 g/mol. The maximum atomic E-state index is 13.4. The zero-order chi connectivity index (χ0) is 23.2. The summed E-state index contributed by atoms with van der Waals surface area (Å²) in [5, 5.41) is 5.71. The molecule has 0 aliphatic heterocycles. The Bertz CT molecular complexity index is 1250. The van der Waals surface area contributed by atoms with Crippen molar-refractivity contribution in [3.05, 3.63) is 113 Å². The van der Waals surface area contributed by atoms with E-state index < -0.39 is 6.04 Å². The van der Waals surface area contributed by atoms with Crippen LogP contribution in [0.1, 0.15) is 11.1 Å². The van der Waals surface area contributed by atoms with Gasteiger partial charge in [-0.1, -0.05) is 84.4 Å². The summed E-state index contributed by atoms with van der Waals surface area (Å²) in [6.07, 6.45) is 0.601. The number of hydrogen-bond acceptors (Lipinski definition) is 2. The summed E-state index contributed by atoms with van der Waals surface area (Å²) in [4.78, 5) is 28.0. The molecule has 0 bridgehead atoms. The molecular formula is C28H25ClN2O2. The van der Waals surface area contributed by atoms with Crippen molar-refractivity contribution >= 4 is 39.9 Å². The number of hydrogen-bond donors (Lipinski definition) is 1. The second-order valence-corrected chi connectivity index (χ2v) is 8.43. The summed E-state index contributed by atoms with van der Waals surface area (Å²) in [6.45, 7) is 0. The van der Waals surface area contributed by atoms with E-state index >= 15 is 0 Å². The minimum absolute atomic E-state index is 0.188. The van der Waals surface area contributed by atoms with Crippen LogP contribution in [0.4, 0.5) is 5.69 Å². The number of amides is 2. The number of nitrogens with zero attached hydrogens (tertiary/aromatic N) is 1. The van der Waals surface area contributed by atoms with E-state index in [2.05, 4.69) is 5.32 Å².